The summed E-state index contributed by atoms with van der Waals surface area (Å²) in [7, 11) is 0. The first-order valence-corrected chi connectivity index (χ1v) is 7.94. The second kappa shape index (κ2) is 5.71. The number of nitrogens with one attached hydrogen (secondary N) is 1. The summed E-state index contributed by atoms with van der Waals surface area (Å²) >= 11 is 3.69. The first-order valence-electron chi connectivity index (χ1n) is 7.15. The molecule has 4 heteroatoms. The minimum absolute atomic E-state index is 0.400. The van der Waals surface area contributed by atoms with Crippen LogP contribution in [0.4, 0.5) is 0 Å². The zero-order valence-electron chi connectivity index (χ0n) is 11.3. The number of fused-ring (bicyclic) bond motifs is 3. The maximum absolute atomic E-state index is 5.90. The van der Waals surface area contributed by atoms with Crippen LogP contribution in [-0.2, 0) is 6.42 Å². The lowest BCUT2D eigenvalue weighted by molar-refractivity contribution is 0.167. The molecule has 2 aliphatic rings. The highest BCUT2D eigenvalue weighted by Gasteiger charge is 2.29. The standard InChI is InChI=1S/C15H20BrNO2/c1-2-6-17-12-5-3-4-10-11(16)9-13-15(14(10)12)19-8-7-18-13/h9,12,17H,2-8H2,1H3. The highest BCUT2D eigenvalue weighted by atomic mass is 79.9. The molecule has 0 saturated carbocycles. The number of hydrogen-bond donors (Lipinski definition) is 1. The summed E-state index contributed by atoms with van der Waals surface area (Å²) < 4.78 is 12.8. The maximum atomic E-state index is 5.90. The van der Waals surface area contributed by atoms with Crippen LogP contribution in [0.3, 0.4) is 0 Å². The Morgan fingerprint density at radius 2 is 2.21 bits per heavy atom. The predicted molar refractivity (Wildman–Crippen MR) is 79.1 cm³/mol. The quantitative estimate of drug-likeness (QED) is 0.921. The van der Waals surface area contributed by atoms with Gasteiger partial charge in [-0.05, 0) is 43.9 Å². The van der Waals surface area contributed by atoms with Gasteiger partial charge < -0.3 is 14.8 Å². The molecule has 1 aromatic carbocycles. The molecule has 3 rings (SSSR count). The van der Waals surface area contributed by atoms with E-state index < -0.39 is 0 Å². The van der Waals surface area contributed by atoms with Crippen LogP contribution in [0, 0.1) is 0 Å². The van der Waals surface area contributed by atoms with Crippen molar-refractivity contribution in [1.82, 2.24) is 5.32 Å². The van der Waals surface area contributed by atoms with E-state index in [4.69, 9.17) is 9.47 Å². The number of benzene rings is 1. The lowest BCUT2D eigenvalue weighted by Gasteiger charge is -2.32. The molecule has 1 aromatic rings. The van der Waals surface area contributed by atoms with Crippen LogP contribution in [-0.4, -0.2) is 19.8 Å². The molecule has 0 saturated heterocycles. The number of hydrogen-bond acceptors (Lipinski definition) is 3. The van der Waals surface area contributed by atoms with Gasteiger partial charge in [-0.2, -0.15) is 0 Å². The van der Waals surface area contributed by atoms with Crippen LogP contribution in [0.5, 0.6) is 11.5 Å². The van der Waals surface area contributed by atoms with Gasteiger partial charge in [-0.15, -0.1) is 0 Å². The summed E-state index contributed by atoms with van der Waals surface area (Å²) in [5, 5.41) is 3.65. The first kappa shape index (κ1) is 13.3. The summed E-state index contributed by atoms with van der Waals surface area (Å²) in [6, 6.07) is 2.46. The summed E-state index contributed by atoms with van der Waals surface area (Å²) in [5.74, 6) is 1.86. The monoisotopic (exact) mass is 325 g/mol. The molecule has 104 valence electrons. The van der Waals surface area contributed by atoms with Crippen molar-refractivity contribution in [2.45, 2.75) is 38.6 Å². The molecule has 3 nitrogen and oxygen atoms in total. The molecule has 0 bridgehead atoms. The van der Waals surface area contributed by atoms with E-state index in [0.29, 0.717) is 19.3 Å². The molecule has 19 heavy (non-hydrogen) atoms. The molecule has 0 spiro atoms. The third kappa shape index (κ3) is 2.48. The van der Waals surface area contributed by atoms with Crippen molar-refractivity contribution in [2.24, 2.45) is 0 Å². The summed E-state index contributed by atoms with van der Waals surface area (Å²) in [6.45, 7) is 4.55. The van der Waals surface area contributed by atoms with Crippen LogP contribution in [0.15, 0.2) is 10.5 Å². The van der Waals surface area contributed by atoms with E-state index >= 15 is 0 Å². The average Bonchev–Trinajstić information content (AvgIpc) is 2.45. The van der Waals surface area contributed by atoms with Crippen molar-refractivity contribution in [1.29, 1.82) is 0 Å². The van der Waals surface area contributed by atoms with Crippen LogP contribution >= 0.6 is 15.9 Å². The van der Waals surface area contributed by atoms with Gasteiger partial charge in [0.1, 0.15) is 13.2 Å². The lowest BCUT2D eigenvalue weighted by Crippen LogP contribution is -2.28. The molecule has 1 unspecified atom stereocenters. The first-order chi connectivity index (χ1) is 9.31. The van der Waals surface area contributed by atoms with Crippen molar-refractivity contribution < 1.29 is 9.47 Å². The Hall–Kier alpha value is -0.740. The van der Waals surface area contributed by atoms with E-state index in [1.807, 2.05) is 0 Å². The minimum Gasteiger partial charge on any atom is -0.486 e. The molecule has 0 amide bonds. The van der Waals surface area contributed by atoms with E-state index in [0.717, 1.165) is 35.4 Å². The third-order valence-corrected chi connectivity index (χ3v) is 4.54. The lowest BCUT2D eigenvalue weighted by atomic mass is 9.86. The largest absolute Gasteiger partial charge is 0.486 e. The second-order valence-electron chi connectivity index (χ2n) is 5.17. The van der Waals surface area contributed by atoms with Crippen molar-refractivity contribution in [3.05, 3.63) is 21.7 Å². The van der Waals surface area contributed by atoms with Gasteiger partial charge in [0.15, 0.2) is 11.5 Å². The molecule has 1 aliphatic heterocycles. The van der Waals surface area contributed by atoms with Gasteiger partial charge in [-0.3, -0.25) is 0 Å². The van der Waals surface area contributed by atoms with Gasteiger partial charge in [0.2, 0.25) is 0 Å². The fourth-order valence-corrected chi connectivity index (χ4v) is 3.61. The minimum atomic E-state index is 0.400. The molecule has 1 atom stereocenters. The number of halogens is 1. The van der Waals surface area contributed by atoms with E-state index in [2.05, 4.69) is 34.2 Å². The van der Waals surface area contributed by atoms with Crippen LogP contribution < -0.4 is 14.8 Å². The number of ether oxygens (including phenoxy) is 2. The van der Waals surface area contributed by atoms with Crippen molar-refractivity contribution >= 4 is 15.9 Å². The van der Waals surface area contributed by atoms with Crippen LogP contribution in [0.1, 0.15) is 43.4 Å². The van der Waals surface area contributed by atoms with Crippen molar-refractivity contribution in [2.75, 3.05) is 19.8 Å². The SMILES string of the molecule is CCCNC1CCCc2c(Br)cc3c(c21)OCCO3. The fraction of sp³-hybridized carbons (Fsp3) is 0.600. The van der Waals surface area contributed by atoms with Gasteiger partial charge in [-0.25, -0.2) is 0 Å². The number of rotatable bonds is 3. The smallest absolute Gasteiger partial charge is 0.166 e. The molecular formula is C15H20BrNO2. The molecule has 0 radical (unpaired) electrons. The Morgan fingerprint density at radius 3 is 3.05 bits per heavy atom. The Balaban J connectivity index is 2.04. The maximum Gasteiger partial charge on any atom is 0.166 e. The van der Waals surface area contributed by atoms with Gasteiger partial charge in [0, 0.05) is 16.1 Å². The zero-order valence-corrected chi connectivity index (χ0v) is 12.9. The molecule has 0 fully saturated rings. The van der Waals surface area contributed by atoms with Gasteiger partial charge >= 0.3 is 0 Å². The molecule has 1 aliphatic carbocycles. The van der Waals surface area contributed by atoms with Crippen molar-refractivity contribution in [3.8, 4) is 11.5 Å². The predicted octanol–water partition coefficient (Wildman–Crippen LogP) is 3.60. The van der Waals surface area contributed by atoms with Crippen molar-refractivity contribution in [3.63, 3.8) is 0 Å². The molecular weight excluding hydrogens is 306 g/mol. The topological polar surface area (TPSA) is 30.5 Å². The Morgan fingerprint density at radius 1 is 1.37 bits per heavy atom. The summed E-state index contributed by atoms with van der Waals surface area (Å²) in [4.78, 5) is 0. The van der Waals surface area contributed by atoms with E-state index in [-0.39, 0.29) is 0 Å². The second-order valence-corrected chi connectivity index (χ2v) is 6.03. The average molecular weight is 326 g/mol. The Kier molecular flexibility index (Phi) is 3.99. The van der Waals surface area contributed by atoms with E-state index in [9.17, 15) is 0 Å². The van der Waals surface area contributed by atoms with Crippen LogP contribution in [0.25, 0.3) is 0 Å². The van der Waals surface area contributed by atoms with Crippen LogP contribution in [0.2, 0.25) is 0 Å². The normalized spacial score (nSPS) is 21.1. The highest BCUT2D eigenvalue weighted by molar-refractivity contribution is 9.10. The highest BCUT2D eigenvalue weighted by Crippen LogP contribution is 2.46. The Labute approximate surface area is 122 Å². The van der Waals surface area contributed by atoms with Gasteiger partial charge in [0.25, 0.3) is 0 Å². The van der Waals surface area contributed by atoms with E-state index in [1.165, 1.54) is 24.0 Å². The van der Waals surface area contributed by atoms with E-state index in [1.54, 1.807) is 0 Å². The Bertz CT molecular complexity index is 476. The summed E-state index contributed by atoms with van der Waals surface area (Å²) in [6.07, 6.45) is 4.68. The fourth-order valence-electron chi connectivity index (χ4n) is 2.99. The van der Waals surface area contributed by atoms with Gasteiger partial charge in [0.05, 0.1) is 0 Å². The third-order valence-electron chi connectivity index (χ3n) is 3.84. The molecule has 0 aromatic heterocycles. The zero-order chi connectivity index (χ0) is 13.2. The molecule has 1 N–H and O–H groups in total. The summed E-state index contributed by atoms with van der Waals surface area (Å²) in [5.41, 5.74) is 2.72. The van der Waals surface area contributed by atoms with Gasteiger partial charge in [-0.1, -0.05) is 22.9 Å². The molecule has 1 heterocycles.